The molecule has 2 rings (SSSR count). The monoisotopic (exact) mass is 289 g/mol. The molecule has 1 N–H and O–H groups in total. The number of carbonyl (C=O) groups excluding carboxylic acids is 2. The van der Waals surface area contributed by atoms with E-state index in [0.717, 1.165) is 17.3 Å². The first-order valence-electron chi connectivity index (χ1n) is 5.55. The number of fused-ring (bicyclic) bond motifs is 1. The van der Waals surface area contributed by atoms with Gasteiger partial charge in [-0.1, -0.05) is 0 Å². The fourth-order valence-electron chi connectivity index (χ4n) is 1.70. The molecule has 2 saturated heterocycles. The second-order valence-electron chi connectivity index (χ2n) is 4.99. The highest BCUT2D eigenvalue weighted by molar-refractivity contribution is 8.01. The molecule has 18 heavy (non-hydrogen) atoms. The van der Waals surface area contributed by atoms with E-state index in [1.807, 2.05) is 0 Å². The molecule has 8 heteroatoms. The zero-order valence-electron chi connectivity index (χ0n) is 10.4. The highest BCUT2D eigenvalue weighted by Crippen LogP contribution is 2.31. The van der Waals surface area contributed by atoms with Crippen LogP contribution in [0, 0.1) is 0 Å². The zero-order chi connectivity index (χ0) is 13.5. The van der Waals surface area contributed by atoms with Crippen molar-refractivity contribution in [2.24, 2.45) is 0 Å². The summed E-state index contributed by atoms with van der Waals surface area (Å²) in [5.74, 6) is 0.657. The predicted molar refractivity (Wildman–Crippen MR) is 71.8 cm³/mol. The number of amides is 2. The first-order chi connectivity index (χ1) is 8.29. The number of rotatable bonds is 1. The number of ether oxygens (including phenoxy) is 1. The Labute approximate surface area is 115 Å². The van der Waals surface area contributed by atoms with Crippen molar-refractivity contribution in [2.45, 2.75) is 31.7 Å². The minimum atomic E-state index is -0.677. The third-order valence-corrected chi connectivity index (χ3v) is 3.97. The first-order valence-corrected chi connectivity index (χ1v) is 7.01. The van der Waals surface area contributed by atoms with Gasteiger partial charge < -0.3 is 9.64 Å². The Kier molecular flexibility index (Phi) is 3.41. The molecule has 2 amide bonds. The number of thiocarbonyl (C=S) groups is 1. The molecule has 0 aromatic rings. The van der Waals surface area contributed by atoms with Gasteiger partial charge in [0.2, 0.25) is 0 Å². The van der Waals surface area contributed by atoms with Crippen LogP contribution in [0.15, 0.2) is 0 Å². The Morgan fingerprint density at radius 1 is 1.56 bits per heavy atom. The van der Waals surface area contributed by atoms with Crippen molar-refractivity contribution in [2.75, 3.05) is 12.3 Å². The van der Waals surface area contributed by atoms with Gasteiger partial charge in [0, 0.05) is 12.3 Å². The summed E-state index contributed by atoms with van der Waals surface area (Å²) < 4.78 is 5.09. The van der Waals surface area contributed by atoms with E-state index < -0.39 is 11.7 Å². The van der Waals surface area contributed by atoms with Crippen LogP contribution in [0.4, 0.5) is 4.79 Å². The lowest BCUT2D eigenvalue weighted by Crippen LogP contribution is -2.48. The number of nitrogens with one attached hydrogen (secondary N) is 1. The average molecular weight is 289 g/mol. The molecule has 0 aromatic heterocycles. The van der Waals surface area contributed by atoms with Gasteiger partial charge >= 0.3 is 6.09 Å². The van der Waals surface area contributed by atoms with Gasteiger partial charge in [-0.15, -0.1) is 11.8 Å². The predicted octanol–water partition coefficient (Wildman–Crippen LogP) is 0.928. The first kappa shape index (κ1) is 13.4. The van der Waals surface area contributed by atoms with Gasteiger partial charge in [-0.05, 0) is 33.0 Å². The second kappa shape index (κ2) is 4.58. The van der Waals surface area contributed by atoms with Gasteiger partial charge in [0.15, 0.2) is 10.5 Å². The van der Waals surface area contributed by atoms with Crippen LogP contribution in [0.25, 0.3) is 0 Å². The highest BCUT2D eigenvalue weighted by Gasteiger charge is 2.46. The fraction of sp³-hybridized carbons (Fsp3) is 0.700. The van der Waals surface area contributed by atoms with E-state index in [2.05, 4.69) is 5.43 Å². The van der Waals surface area contributed by atoms with E-state index >= 15 is 0 Å². The van der Waals surface area contributed by atoms with Crippen LogP contribution in [0.2, 0.25) is 0 Å². The van der Waals surface area contributed by atoms with Gasteiger partial charge in [0.25, 0.3) is 5.91 Å². The van der Waals surface area contributed by atoms with Crippen molar-refractivity contribution in [3.63, 3.8) is 0 Å². The zero-order valence-corrected chi connectivity index (χ0v) is 12.1. The Bertz CT molecular complexity index is 386. The van der Waals surface area contributed by atoms with Gasteiger partial charge in [-0.3, -0.25) is 4.79 Å². The van der Waals surface area contributed by atoms with E-state index in [0.29, 0.717) is 5.11 Å². The molecule has 1 unspecified atom stereocenters. The summed E-state index contributed by atoms with van der Waals surface area (Å²) in [6.45, 7) is 5.99. The van der Waals surface area contributed by atoms with Crippen molar-refractivity contribution in [1.82, 2.24) is 15.3 Å². The van der Waals surface area contributed by atoms with Gasteiger partial charge in [0.1, 0.15) is 5.60 Å². The van der Waals surface area contributed by atoms with E-state index in [-0.39, 0.29) is 11.3 Å². The lowest BCUT2D eigenvalue weighted by Gasteiger charge is -2.23. The maximum atomic E-state index is 12.0. The summed E-state index contributed by atoms with van der Waals surface area (Å²) in [7, 11) is 0. The summed E-state index contributed by atoms with van der Waals surface area (Å²) in [5, 5.41) is 1.13. The number of hydrogen-bond donors (Lipinski definition) is 1. The third-order valence-electron chi connectivity index (χ3n) is 2.36. The smallest absolute Gasteiger partial charge is 0.427 e. The molecule has 2 aliphatic heterocycles. The number of carbonyl (C=O) groups is 2. The Balaban J connectivity index is 2.00. The van der Waals surface area contributed by atoms with Crippen LogP contribution < -0.4 is 5.43 Å². The van der Waals surface area contributed by atoms with Crippen LogP contribution in [0.5, 0.6) is 0 Å². The molecule has 0 saturated carbocycles. The molecule has 0 aromatic carbocycles. The van der Waals surface area contributed by atoms with Gasteiger partial charge in [0.05, 0.1) is 0 Å². The van der Waals surface area contributed by atoms with Crippen LogP contribution in [0.3, 0.4) is 0 Å². The second-order valence-corrected chi connectivity index (χ2v) is 6.54. The van der Waals surface area contributed by atoms with Crippen molar-refractivity contribution >= 4 is 41.1 Å². The third kappa shape index (κ3) is 2.54. The molecule has 1 atom stereocenters. The molecule has 2 fully saturated rings. The van der Waals surface area contributed by atoms with E-state index in [9.17, 15) is 9.59 Å². The van der Waals surface area contributed by atoms with E-state index in [1.54, 1.807) is 25.7 Å². The molecule has 0 radical (unpaired) electrons. The Morgan fingerprint density at radius 2 is 2.22 bits per heavy atom. The molecule has 0 aliphatic carbocycles. The SMILES string of the molecule is CC(C)(C)OC(=O)NN1C(=O)C2SCCN2C1=S. The number of nitrogens with zero attached hydrogens (tertiary/aromatic N) is 2. The molecular weight excluding hydrogens is 274 g/mol. The lowest BCUT2D eigenvalue weighted by atomic mass is 10.2. The van der Waals surface area contributed by atoms with Crippen LogP contribution >= 0.6 is 24.0 Å². The van der Waals surface area contributed by atoms with E-state index in [1.165, 1.54) is 11.8 Å². The van der Waals surface area contributed by atoms with Crippen LogP contribution in [-0.2, 0) is 9.53 Å². The molecule has 100 valence electrons. The molecule has 6 nitrogen and oxygen atoms in total. The molecule has 2 heterocycles. The van der Waals surface area contributed by atoms with E-state index in [4.69, 9.17) is 17.0 Å². The standard InChI is InChI=1S/C10H15N3O3S2/c1-10(2,3)16-8(15)11-13-6(14)7-12(9(13)17)4-5-18-7/h7H,4-5H2,1-3H3,(H,11,15). The van der Waals surface area contributed by atoms with Crippen LogP contribution in [0.1, 0.15) is 20.8 Å². The minimum absolute atomic E-state index is 0.214. The summed E-state index contributed by atoms with van der Waals surface area (Å²) in [6, 6.07) is 0. The number of hydrazine groups is 1. The lowest BCUT2D eigenvalue weighted by molar-refractivity contribution is -0.127. The fourth-order valence-corrected chi connectivity index (χ4v) is 3.26. The summed E-state index contributed by atoms with van der Waals surface area (Å²) in [4.78, 5) is 25.4. The van der Waals surface area contributed by atoms with Crippen molar-refractivity contribution < 1.29 is 14.3 Å². The summed E-state index contributed by atoms with van der Waals surface area (Å²) >= 11 is 6.69. The van der Waals surface area contributed by atoms with Crippen molar-refractivity contribution in [3.05, 3.63) is 0 Å². The Hall–Kier alpha value is -1.02. The topological polar surface area (TPSA) is 61.9 Å². The van der Waals surface area contributed by atoms with Gasteiger partial charge in [-0.25, -0.2) is 10.2 Å². The van der Waals surface area contributed by atoms with Crippen molar-refractivity contribution in [3.8, 4) is 0 Å². The normalized spacial score (nSPS) is 23.4. The quantitative estimate of drug-likeness (QED) is 0.725. The average Bonchev–Trinajstić information content (AvgIpc) is 2.76. The molecule has 2 aliphatic rings. The molecule has 0 spiro atoms. The van der Waals surface area contributed by atoms with Gasteiger partial charge in [-0.2, -0.15) is 5.01 Å². The Morgan fingerprint density at radius 3 is 2.78 bits per heavy atom. The minimum Gasteiger partial charge on any atom is -0.443 e. The largest absolute Gasteiger partial charge is 0.443 e. The van der Waals surface area contributed by atoms with Crippen molar-refractivity contribution in [1.29, 1.82) is 0 Å². The number of thioether (sulfide) groups is 1. The summed E-state index contributed by atoms with van der Waals surface area (Å²) in [5.41, 5.74) is 1.78. The maximum Gasteiger partial charge on any atom is 0.427 e. The number of hydrogen-bond acceptors (Lipinski definition) is 5. The molecule has 0 bridgehead atoms. The van der Waals surface area contributed by atoms with Crippen LogP contribution in [-0.4, -0.2) is 50.3 Å². The molecular formula is C10H15N3O3S2. The summed E-state index contributed by atoms with van der Waals surface area (Å²) in [6.07, 6.45) is -0.677. The highest BCUT2D eigenvalue weighted by atomic mass is 32.2. The maximum absolute atomic E-state index is 12.0.